The molecule has 0 saturated carbocycles. The SMILES string of the molecule is CCN(CCO)C(=O)c1cccc2c1NCCC2. The van der Waals surface area contributed by atoms with Crippen molar-refractivity contribution in [1.82, 2.24) is 4.90 Å². The summed E-state index contributed by atoms with van der Waals surface area (Å²) in [6.07, 6.45) is 2.13. The lowest BCUT2D eigenvalue weighted by atomic mass is 9.99. The Hall–Kier alpha value is -1.55. The van der Waals surface area contributed by atoms with E-state index in [-0.39, 0.29) is 12.5 Å². The Morgan fingerprint density at radius 3 is 3.06 bits per heavy atom. The largest absolute Gasteiger partial charge is 0.395 e. The molecule has 0 spiro atoms. The van der Waals surface area contributed by atoms with Crippen molar-refractivity contribution in [3.05, 3.63) is 29.3 Å². The monoisotopic (exact) mass is 248 g/mol. The highest BCUT2D eigenvalue weighted by Gasteiger charge is 2.20. The third kappa shape index (κ3) is 2.48. The highest BCUT2D eigenvalue weighted by Crippen LogP contribution is 2.26. The van der Waals surface area contributed by atoms with Gasteiger partial charge in [0.25, 0.3) is 5.91 Å². The maximum atomic E-state index is 12.4. The van der Waals surface area contributed by atoms with Crippen LogP contribution in [-0.2, 0) is 6.42 Å². The highest BCUT2D eigenvalue weighted by atomic mass is 16.3. The van der Waals surface area contributed by atoms with Crippen molar-refractivity contribution in [2.75, 3.05) is 31.6 Å². The normalized spacial score (nSPS) is 13.7. The molecule has 18 heavy (non-hydrogen) atoms. The molecule has 0 unspecified atom stereocenters. The van der Waals surface area contributed by atoms with Crippen LogP contribution in [0.15, 0.2) is 18.2 Å². The first kappa shape index (κ1) is 12.9. The Balaban J connectivity index is 2.29. The van der Waals surface area contributed by atoms with E-state index in [9.17, 15) is 4.79 Å². The third-order valence-corrected chi connectivity index (χ3v) is 3.34. The van der Waals surface area contributed by atoms with E-state index in [1.165, 1.54) is 5.56 Å². The highest BCUT2D eigenvalue weighted by molar-refractivity contribution is 6.00. The number of para-hydroxylation sites is 1. The molecule has 98 valence electrons. The molecule has 2 N–H and O–H groups in total. The predicted molar refractivity (Wildman–Crippen MR) is 71.9 cm³/mol. The number of rotatable bonds is 4. The molecule has 0 saturated heterocycles. The molecule has 1 aromatic rings. The molecule has 1 aliphatic rings. The zero-order valence-corrected chi connectivity index (χ0v) is 10.8. The minimum atomic E-state index is -0.00204. The standard InChI is InChI=1S/C14H20N2O2/c1-2-16(9-10-17)14(18)12-7-3-5-11-6-4-8-15-13(11)12/h3,5,7,15,17H,2,4,6,8-10H2,1H3. The van der Waals surface area contributed by atoms with Crippen molar-refractivity contribution in [3.63, 3.8) is 0 Å². The van der Waals surface area contributed by atoms with Gasteiger partial charge in [-0.05, 0) is 31.4 Å². The number of aliphatic hydroxyl groups excluding tert-OH is 1. The molecule has 4 heteroatoms. The Labute approximate surface area is 108 Å². The first-order valence-electron chi connectivity index (χ1n) is 6.53. The van der Waals surface area contributed by atoms with E-state index >= 15 is 0 Å². The molecule has 1 amide bonds. The first-order chi connectivity index (χ1) is 8.77. The Kier molecular flexibility index (Phi) is 4.20. The van der Waals surface area contributed by atoms with E-state index < -0.39 is 0 Å². The molecule has 1 aliphatic heterocycles. The number of hydrogen-bond acceptors (Lipinski definition) is 3. The zero-order chi connectivity index (χ0) is 13.0. The first-order valence-corrected chi connectivity index (χ1v) is 6.53. The van der Waals surface area contributed by atoms with E-state index in [0.29, 0.717) is 13.1 Å². The number of benzene rings is 1. The van der Waals surface area contributed by atoms with Gasteiger partial charge in [-0.2, -0.15) is 0 Å². The fraction of sp³-hybridized carbons (Fsp3) is 0.500. The zero-order valence-electron chi connectivity index (χ0n) is 10.8. The number of fused-ring (bicyclic) bond motifs is 1. The van der Waals surface area contributed by atoms with Crippen molar-refractivity contribution in [3.8, 4) is 0 Å². The number of likely N-dealkylation sites (N-methyl/N-ethyl adjacent to an activating group) is 1. The van der Waals surface area contributed by atoms with Gasteiger partial charge in [0.1, 0.15) is 0 Å². The summed E-state index contributed by atoms with van der Waals surface area (Å²) in [6.45, 7) is 3.85. The molecule has 1 heterocycles. The number of amides is 1. The topological polar surface area (TPSA) is 52.6 Å². The van der Waals surface area contributed by atoms with Gasteiger partial charge in [0.15, 0.2) is 0 Å². The summed E-state index contributed by atoms with van der Waals surface area (Å²) in [4.78, 5) is 14.1. The van der Waals surface area contributed by atoms with E-state index in [1.54, 1.807) is 4.90 Å². The molecular formula is C14H20N2O2. The van der Waals surface area contributed by atoms with Crippen LogP contribution >= 0.6 is 0 Å². The van der Waals surface area contributed by atoms with Gasteiger partial charge < -0.3 is 15.3 Å². The fourth-order valence-corrected chi connectivity index (χ4v) is 2.38. The van der Waals surface area contributed by atoms with E-state index in [2.05, 4.69) is 11.4 Å². The summed E-state index contributed by atoms with van der Waals surface area (Å²) in [5, 5.41) is 12.3. The average molecular weight is 248 g/mol. The molecule has 0 fully saturated rings. The van der Waals surface area contributed by atoms with Crippen LogP contribution in [0.4, 0.5) is 5.69 Å². The number of aliphatic hydroxyl groups is 1. The van der Waals surface area contributed by atoms with Gasteiger partial charge in [-0.3, -0.25) is 4.79 Å². The summed E-state index contributed by atoms with van der Waals surface area (Å²) in [5.74, 6) is -0.00204. The van der Waals surface area contributed by atoms with Crippen molar-refractivity contribution in [2.24, 2.45) is 0 Å². The Morgan fingerprint density at radius 2 is 2.33 bits per heavy atom. The number of aryl methyl sites for hydroxylation is 1. The van der Waals surface area contributed by atoms with Gasteiger partial charge in [-0.25, -0.2) is 0 Å². The number of carbonyl (C=O) groups excluding carboxylic acids is 1. The lowest BCUT2D eigenvalue weighted by Gasteiger charge is -2.25. The van der Waals surface area contributed by atoms with Gasteiger partial charge in [-0.1, -0.05) is 12.1 Å². The second-order valence-electron chi connectivity index (χ2n) is 4.48. The summed E-state index contributed by atoms with van der Waals surface area (Å²) in [6, 6.07) is 5.87. The fourth-order valence-electron chi connectivity index (χ4n) is 2.38. The lowest BCUT2D eigenvalue weighted by molar-refractivity contribution is 0.0733. The minimum Gasteiger partial charge on any atom is -0.395 e. The smallest absolute Gasteiger partial charge is 0.256 e. The van der Waals surface area contributed by atoms with Crippen LogP contribution in [0.1, 0.15) is 29.3 Å². The number of carbonyl (C=O) groups is 1. The average Bonchev–Trinajstić information content (AvgIpc) is 2.43. The van der Waals surface area contributed by atoms with Crippen LogP contribution in [0.2, 0.25) is 0 Å². The van der Waals surface area contributed by atoms with E-state index in [4.69, 9.17) is 5.11 Å². The minimum absolute atomic E-state index is 0.00202. The van der Waals surface area contributed by atoms with Crippen LogP contribution in [0.3, 0.4) is 0 Å². The maximum Gasteiger partial charge on any atom is 0.256 e. The van der Waals surface area contributed by atoms with Gasteiger partial charge in [-0.15, -0.1) is 0 Å². The van der Waals surface area contributed by atoms with Crippen molar-refractivity contribution >= 4 is 11.6 Å². The molecule has 2 rings (SSSR count). The van der Waals surface area contributed by atoms with Gasteiger partial charge in [0, 0.05) is 19.6 Å². The van der Waals surface area contributed by atoms with Gasteiger partial charge >= 0.3 is 0 Å². The molecule has 0 atom stereocenters. The lowest BCUT2D eigenvalue weighted by Crippen LogP contribution is -2.34. The van der Waals surface area contributed by atoms with Crippen LogP contribution in [0.5, 0.6) is 0 Å². The molecule has 1 aromatic carbocycles. The van der Waals surface area contributed by atoms with Crippen LogP contribution in [-0.4, -0.2) is 42.2 Å². The number of hydrogen-bond donors (Lipinski definition) is 2. The third-order valence-electron chi connectivity index (χ3n) is 3.34. The van der Waals surface area contributed by atoms with Crippen LogP contribution < -0.4 is 5.32 Å². The summed E-state index contributed by atoms with van der Waals surface area (Å²) < 4.78 is 0. The quantitative estimate of drug-likeness (QED) is 0.849. The summed E-state index contributed by atoms with van der Waals surface area (Å²) >= 11 is 0. The van der Waals surface area contributed by atoms with Crippen molar-refractivity contribution in [2.45, 2.75) is 19.8 Å². The van der Waals surface area contributed by atoms with Gasteiger partial charge in [0.05, 0.1) is 17.9 Å². The summed E-state index contributed by atoms with van der Waals surface area (Å²) in [5.41, 5.74) is 2.92. The van der Waals surface area contributed by atoms with E-state index in [0.717, 1.165) is 30.6 Å². The van der Waals surface area contributed by atoms with Crippen LogP contribution in [0.25, 0.3) is 0 Å². The van der Waals surface area contributed by atoms with Crippen molar-refractivity contribution < 1.29 is 9.90 Å². The number of anilines is 1. The molecule has 0 radical (unpaired) electrons. The number of nitrogens with zero attached hydrogens (tertiary/aromatic N) is 1. The van der Waals surface area contributed by atoms with E-state index in [1.807, 2.05) is 19.1 Å². The van der Waals surface area contributed by atoms with Crippen molar-refractivity contribution in [1.29, 1.82) is 0 Å². The number of nitrogens with one attached hydrogen (secondary N) is 1. The Morgan fingerprint density at radius 1 is 1.50 bits per heavy atom. The second kappa shape index (κ2) is 5.87. The molecule has 4 nitrogen and oxygen atoms in total. The van der Waals surface area contributed by atoms with Gasteiger partial charge in [0.2, 0.25) is 0 Å². The molecule has 0 aliphatic carbocycles. The Bertz CT molecular complexity index is 432. The summed E-state index contributed by atoms with van der Waals surface area (Å²) in [7, 11) is 0. The second-order valence-corrected chi connectivity index (χ2v) is 4.48. The van der Waals surface area contributed by atoms with Crippen LogP contribution in [0, 0.1) is 0 Å². The predicted octanol–water partition coefficient (Wildman–Crippen LogP) is 1.50. The molecular weight excluding hydrogens is 228 g/mol. The molecule has 0 aromatic heterocycles. The maximum absolute atomic E-state index is 12.4. The molecule has 0 bridgehead atoms.